The van der Waals surface area contributed by atoms with Gasteiger partial charge in [-0.05, 0) is 87.4 Å². The first kappa shape index (κ1) is 35.8. The Labute approximate surface area is 203 Å². The quantitative estimate of drug-likeness (QED) is 0.276. The van der Waals surface area contributed by atoms with E-state index < -0.39 is 0 Å². The number of nitrogens with zero attached hydrogens (tertiary/aromatic N) is 3. The second-order valence-corrected chi connectivity index (χ2v) is 7.79. The van der Waals surface area contributed by atoms with E-state index in [2.05, 4.69) is 68.9 Å². The molecule has 0 aliphatic carbocycles. The molecule has 4 nitrogen and oxygen atoms in total. The van der Waals surface area contributed by atoms with E-state index in [1.54, 1.807) is 0 Å². The Morgan fingerprint density at radius 1 is 0.778 bits per heavy atom. The summed E-state index contributed by atoms with van der Waals surface area (Å²) in [5.41, 5.74) is 0. The molecule has 0 bridgehead atoms. The van der Waals surface area contributed by atoms with Gasteiger partial charge in [0.1, 0.15) is 0 Å². The second-order valence-electron chi connectivity index (χ2n) is 7.79. The molecule has 3 unspecified atom stereocenters. The van der Waals surface area contributed by atoms with E-state index in [1.165, 1.54) is 38.3 Å². The summed E-state index contributed by atoms with van der Waals surface area (Å²) in [5.74, 6) is 0. The van der Waals surface area contributed by atoms with Crippen LogP contribution in [0.25, 0.3) is 0 Å². The maximum absolute atomic E-state index is 3.70. The summed E-state index contributed by atoms with van der Waals surface area (Å²) in [6.07, 6.45) is 4.86. The maximum atomic E-state index is 3.70. The molecular formula is C19H41Cl3N4Ti. The van der Waals surface area contributed by atoms with Gasteiger partial charge in [-0.15, -0.1) is 0 Å². The van der Waals surface area contributed by atoms with Crippen LogP contribution in [0.3, 0.4) is 0 Å². The Morgan fingerprint density at radius 3 is 1.89 bits per heavy atom. The van der Waals surface area contributed by atoms with Crippen molar-refractivity contribution in [3.63, 3.8) is 0 Å². The van der Waals surface area contributed by atoms with Crippen LogP contribution in [0.1, 0.15) is 53.4 Å². The van der Waals surface area contributed by atoms with Crippen LogP contribution >= 0.6 is 0 Å². The minimum Gasteiger partial charge on any atom is -1.00 e. The van der Waals surface area contributed by atoms with Gasteiger partial charge in [-0.3, -0.25) is 6.04 Å². The van der Waals surface area contributed by atoms with Gasteiger partial charge in [-0.1, -0.05) is 0 Å². The van der Waals surface area contributed by atoms with Crippen LogP contribution in [0.15, 0.2) is 0 Å². The molecule has 0 aromatic rings. The topological polar surface area (TPSA) is 21.8 Å². The van der Waals surface area contributed by atoms with Gasteiger partial charge in [0.25, 0.3) is 0 Å². The second kappa shape index (κ2) is 19.4. The molecule has 1 fully saturated rings. The zero-order valence-corrected chi connectivity index (χ0v) is 22.2. The Bertz CT molecular complexity index is 329. The molecule has 0 aromatic carbocycles. The third-order valence-corrected chi connectivity index (χ3v) is 5.83. The Balaban J connectivity index is -0.000000661. The summed E-state index contributed by atoms with van der Waals surface area (Å²) < 4.78 is 0. The van der Waals surface area contributed by atoms with Crippen LogP contribution in [0.4, 0.5) is 0 Å². The predicted octanol–water partition coefficient (Wildman–Crippen LogP) is -6.33. The molecular weight excluding hydrogens is 438 g/mol. The van der Waals surface area contributed by atoms with Crippen molar-refractivity contribution in [2.24, 2.45) is 0 Å². The number of hydrogen-bond donors (Lipinski definition) is 1. The third kappa shape index (κ3) is 15.0. The molecule has 8 heteroatoms. The van der Waals surface area contributed by atoms with Crippen LogP contribution in [0, 0.1) is 6.04 Å². The Kier molecular flexibility index (Phi) is 25.7. The van der Waals surface area contributed by atoms with Gasteiger partial charge >= 0.3 is 21.7 Å². The Morgan fingerprint density at radius 2 is 1.30 bits per heavy atom. The fourth-order valence-electron chi connectivity index (χ4n) is 3.02. The predicted molar refractivity (Wildman–Crippen MR) is 102 cm³/mol. The maximum Gasteiger partial charge on any atom is 4.00 e. The van der Waals surface area contributed by atoms with Crippen molar-refractivity contribution in [3.05, 3.63) is 6.04 Å². The van der Waals surface area contributed by atoms with Crippen LogP contribution in [0.5, 0.6) is 0 Å². The van der Waals surface area contributed by atoms with Gasteiger partial charge in [0.2, 0.25) is 0 Å². The van der Waals surface area contributed by atoms with E-state index in [0.29, 0.717) is 18.1 Å². The molecule has 1 N–H and O–H groups in total. The number of rotatable bonds is 0. The fraction of sp³-hybridized carbons (Fsp3) is 0.947. The summed E-state index contributed by atoms with van der Waals surface area (Å²) in [6.45, 7) is 13.9. The molecule has 1 aliphatic rings. The van der Waals surface area contributed by atoms with Crippen LogP contribution in [-0.4, -0.2) is 80.1 Å². The monoisotopic (exact) mass is 478 g/mol. The van der Waals surface area contributed by atoms with Crippen LogP contribution in [0.2, 0.25) is 0 Å². The summed E-state index contributed by atoms with van der Waals surface area (Å²) in [4.78, 5) is 7.48. The summed E-state index contributed by atoms with van der Waals surface area (Å²) in [7, 11) is 6.79. The van der Waals surface area contributed by atoms with Crippen LogP contribution in [-0.2, 0) is 21.7 Å². The molecule has 0 saturated carbocycles. The van der Waals surface area contributed by atoms with Crippen LogP contribution < -0.4 is 42.5 Å². The smallest absolute Gasteiger partial charge is 1.00 e. The van der Waals surface area contributed by atoms with Crippen molar-refractivity contribution >= 4 is 0 Å². The normalized spacial score (nSPS) is 28.8. The van der Waals surface area contributed by atoms with E-state index in [9.17, 15) is 0 Å². The molecule has 0 amide bonds. The Hall–Kier alpha value is 1.42. The van der Waals surface area contributed by atoms with E-state index in [-0.39, 0.29) is 58.9 Å². The molecule has 1 saturated heterocycles. The molecule has 1 rings (SSSR count). The summed E-state index contributed by atoms with van der Waals surface area (Å²) in [6, 6.07) is 3.41. The number of halogens is 3. The molecule has 0 aromatic heterocycles. The van der Waals surface area contributed by atoms with E-state index >= 15 is 0 Å². The van der Waals surface area contributed by atoms with Gasteiger partial charge < -0.3 is 57.2 Å². The van der Waals surface area contributed by atoms with E-state index in [1.807, 2.05) is 0 Å². The van der Waals surface area contributed by atoms with E-state index in [0.717, 1.165) is 19.6 Å². The van der Waals surface area contributed by atoms with Gasteiger partial charge in [0.05, 0.1) is 0 Å². The van der Waals surface area contributed by atoms with Crippen molar-refractivity contribution in [1.82, 2.24) is 20.0 Å². The average molecular weight is 480 g/mol. The van der Waals surface area contributed by atoms with Gasteiger partial charge in [0.15, 0.2) is 0 Å². The van der Waals surface area contributed by atoms with Gasteiger partial charge in [0, 0.05) is 18.1 Å². The first-order valence-corrected chi connectivity index (χ1v) is 9.48. The van der Waals surface area contributed by atoms with Crippen molar-refractivity contribution < 1.29 is 58.9 Å². The van der Waals surface area contributed by atoms with Crippen molar-refractivity contribution in [2.75, 3.05) is 47.3 Å². The van der Waals surface area contributed by atoms with Crippen molar-refractivity contribution in [1.29, 1.82) is 0 Å². The molecule has 3 atom stereocenters. The largest absolute Gasteiger partial charge is 4.00 e. The van der Waals surface area contributed by atoms with Gasteiger partial charge in [-0.2, -0.15) is 13.3 Å². The SMILES string of the molecule is C[C-]1CCN(C)C(C)CCNC(C)CCN(C)C(C)CCN1C.[Cl-].[Cl-].[Cl-].[Ti+4]. The zero-order chi connectivity index (χ0) is 17.4. The van der Waals surface area contributed by atoms with Crippen molar-refractivity contribution in [3.8, 4) is 0 Å². The average Bonchev–Trinajstić information content (AvgIpc) is 2.53. The molecule has 0 spiro atoms. The molecule has 27 heavy (non-hydrogen) atoms. The fourth-order valence-corrected chi connectivity index (χ4v) is 3.02. The molecule has 1 heterocycles. The minimum atomic E-state index is 0. The number of nitrogens with one attached hydrogen (secondary N) is 1. The summed E-state index contributed by atoms with van der Waals surface area (Å²) >= 11 is 0. The summed E-state index contributed by atoms with van der Waals surface area (Å²) in [5, 5.41) is 3.70. The zero-order valence-electron chi connectivity index (χ0n) is 18.4. The first-order valence-electron chi connectivity index (χ1n) is 9.48. The minimum absolute atomic E-state index is 0. The number of hydrogen-bond acceptors (Lipinski definition) is 4. The van der Waals surface area contributed by atoms with E-state index in [4.69, 9.17) is 0 Å². The standard InChI is InChI=1S/C19H41N4.3ClH.Ti/c1-16-9-13-21(5)18(3)11-15-23(7)19(4)10-14-22(6)17(2)8-12-20-16;;;;/h16-18,20H,8-15H2,1-7H3;3*1H;/q-1;;;;+4/p-3. The first-order chi connectivity index (χ1) is 10.8. The third-order valence-electron chi connectivity index (χ3n) is 5.83. The molecule has 162 valence electrons. The molecule has 0 radical (unpaired) electrons. The molecule has 1 aliphatic heterocycles. The van der Waals surface area contributed by atoms with Crippen molar-refractivity contribution in [2.45, 2.75) is 71.5 Å². The van der Waals surface area contributed by atoms with Gasteiger partial charge in [-0.25, -0.2) is 0 Å².